The largest absolute Gasteiger partial charge is 0.547 e. The number of carboxylic acids is 1. The molecule has 10 heteroatoms. The average Bonchev–Trinajstić information content (AvgIpc) is 2.67. The van der Waals surface area contributed by atoms with Crippen LogP contribution >= 0.6 is 0 Å². The quantitative estimate of drug-likeness (QED) is 0.412. The summed E-state index contributed by atoms with van der Waals surface area (Å²) in [6.45, 7) is 0.537. The predicted octanol–water partition coefficient (Wildman–Crippen LogP) is -0.621. The number of fused-ring (bicyclic) bond motifs is 1. The highest BCUT2D eigenvalue weighted by Crippen LogP contribution is 2.30. The van der Waals surface area contributed by atoms with E-state index in [4.69, 9.17) is 16.1 Å². The molecule has 0 aliphatic carbocycles. The lowest BCUT2D eigenvalue weighted by Gasteiger charge is -2.28. The normalized spacial score (nSPS) is 15.5. The first kappa shape index (κ1) is 19.8. The highest BCUT2D eigenvalue weighted by Gasteiger charge is 2.37. The molecule has 0 radical (unpaired) electrons. The zero-order chi connectivity index (χ0) is 20.3. The van der Waals surface area contributed by atoms with Crippen molar-refractivity contribution in [2.75, 3.05) is 0 Å². The van der Waals surface area contributed by atoms with Gasteiger partial charge in [0.05, 0.1) is 29.3 Å². The van der Waals surface area contributed by atoms with Crippen LogP contribution in [0.15, 0.2) is 30.3 Å². The third-order valence-corrected chi connectivity index (χ3v) is 4.58. The molecule has 1 atom stereocenters. The molecule has 1 aliphatic rings. The first-order valence-corrected chi connectivity index (χ1v) is 8.80. The maximum atomic E-state index is 12.4. The molecule has 0 saturated carbocycles. The highest BCUT2D eigenvalue weighted by molar-refractivity contribution is 6.47. The third kappa shape index (κ3) is 4.14. The number of benzene rings is 1. The van der Waals surface area contributed by atoms with Gasteiger partial charge in [-0.25, -0.2) is 4.79 Å². The first-order chi connectivity index (χ1) is 13.4. The number of nitrogens with one attached hydrogen (secondary N) is 1. The lowest BCUT2D eigenvalue weighted by Crippen LogP contribution is -2.53. The average molecular weight is 384 g/mol. The Morgan fingerprint density at radius 2 is 2.04 bits per heavy atom. The Morgan fingerprint density at radius 1 is 1.25 bits per heavy atom. The lowest BCUT2D eigenvalue weighted by atomic mass is 9.72. The number of nitrogens with zero attached hydrogens (tertiary/aromatic N) is 1. The van der Waals surface area contributed by atoms with Crippen molar-refractivity contribution in [3.8, 4) is 5.75 Å². The predicted molar refractivity (Wildman–Crippen MR) is 101 cm³/mol. The number of pyridine rings is 1. The summed E-state index contributed by atoms with van der Waals surface area (Å²) in [4.78, 5) is 28.0. The van der Waals surface area contributed by atoms with Crippen LogP contribution in [0.5, 0.6) is 5.75 Å². The summed E-state index contributed by atoms with van der Waals surface area (Å²) in [5, 5.41) is 22.2. The summed E-state index contributed by atoms with van der Waals surface area (Å²) in [7, 11) is -1.36. The molecule has 1 amide bonds. The molecule has 2 aromatic rings. The maximum absolute atomic E-state index is 12.4. The van der Waals surface area contributed by atoms with Gasteiger partial charge in [0.15, 0.2) is 0 Å². The summed E-state index contributed by atoms with van der Waals surface area (Å²) >= 11 is 0. The van der Waals surface area contributed by atoms with Crippen LogP contribution in [0.2, 0.25) is 0 Å². The van der Waals surface area contributed by atoms with Crippen LogP contribution in [0.3, 0.4) is 0 Å². The molecular formula is C18H21BN4O5. The Kier molecular flexibility index (Phi) is 5.93. The Balaban J connectivity index is 1.70. The van der Waals surface area contributed by atoms with Gasteiger partial charge in [-0.1, -0.05) is 18.2 Å². The van der Waals surface area contributed by atoms with Crippen molar-refractivity contribution in [3.05, 3.63) is 58.4 Å². The Labute approximate surface area is 161 Å². The molecule has 146 valence electrons. The SMILES string of the molecule is NCc1ccc(CC(=O)N[C@H]2Cc3cccc(C(=O)O)c3OB2O)nc1CN. The fraction of sp³-hybridized carbons (Fsp3) is 0.278. The van der Waals surface area contributed by atoms with Crippen LogP contribution in [-0.2, 0) is 30.7 Å². The van der Waals surface area contributed by atoms with Crippen LogP contribution < -0.4 is 21.4 Å². The molecule has 1 aromatic heterocycles. The number of para-hydroxylation sites is 1. The van der Waals surface area contributed by atoms with E-state index < -0.39 is 19.0 Å². The molecule has 0 saturated heterocycles. The number of carboxylic acid groups (broad SMARTS) is 1. The van der Waals surface area contributed by atoms with Gasteiger partial charge < -0.3 is 31.6 Å². The molecule has 2 heterocycles. The topological polar surface area (TPSA) is 161 Å². The monoisotopic (exact) mass is 384 g/mol. The number of nitrogens with two attached hydrogens (primary N) is 2. The van der Waals surface area contributed by atoms with Crippen molar-refractivity contribution in [3.63, 3.8) is 0 Å². The summed E-state index contributed by atoms with van der Waals surface area (Å²) in [6, 6.07) is 8.20. The zero-order valence-electron chi connectivity index (χ0n) is 15.1. The summed E-state index contributed by atoms with van der Waals surface area (Å²) in [5.74, 6) is -2.07. The smallest absolute Gasteiger partial charge is 0.534 e. The third-order valence-electron chi connectivity index (χ3n) is 4.58. The molecule has 3 rings (SSSR count). The number of amides is 1. The van der Waals surface area contributed by atoms with Crippen molar-refractivity contribution < 1.29 is 24.4 Å². The van der Waals surface area contributed by atoms with Gasteiger partial charge >= 0.3 is 13.1 Å². The van der Waals surface area contributed by atoms with Crippen molar-refractivity contribution in [2.24, 2.45) is 11.5 Å². The van der Waals surface area contributed by atoms with E-state index in [1.807, 2.05) is 0 Å². The van der Waals surface area contributed by atoms with Crippen LogP contribution in [-0.4, -0.2) is 40.1 Å². The van der Waals surface area contributed by atoms with Gasteiger partial charge in [-0.05, 0) is 29.7 Å². The molecule has 0 fully saturated rings. The number of aromatic nitrogens is 1. The van der Waals surface area contributed by atoms with Crippen molar-refractivity contribution >= 4 is 19.0 Å². The molecule has 7 N–H and O–H groups in total. The molecule has 1 aromatic carbocycles. The minimum Gasteiger partial charge on any atom is -0.534 e. The van der Waals surface area contributed by atoms with Crippen molar-refractivity contribution in [1.29, 1.82) is 0 Å². The maximum Gasteiger partial charge on any atom is 0.547 e. The molecular weight excluding hydrogens is 363 g/mol. The summed E-state index contributed by atoms with van der Waals surface area (Å²) < 4.78 is 5.37. The molecule has 0 bridgehead atoms. The van der Waals surface area contributed by atoms with Crippen LogP contribution in [0.1, 0.15) is 32.9 Å². The van der Waals surface area contributed by atoms with Gasteiger partial charge in [0.2, 0.25) is 5.91 Å². The van der Waals surface area contributed by atoms with E-state index in [-0.39, 0.29) is 36.6 Å². The fourth-order valence-corrected chi connectivity index (χ4v) is 3.17. The fourth-order valence-electron chi connectivity index (χ4n) is 3.17. The summed E-state index contributed by atoms with van der Waals surface area (Å²) in [5.41, 5.74) is 13.9. The van der Waals surface area contributed by atoms with Gasteiger partial charge in [0, 0.05) is 13.1 Å². The second kappa shape index (κ2) is 8.38. The first-order valence-electron chi connectivity index (χ1n) is 8.80. The van der Waals surface area contributed by atoms with Gasteiger partial charge in [-0.3, -0.25) is 9.78 Å². The zero-order valence-corrected chi connectivity index (χ0v) is 15.1. The van der Waals surface area contributed by atoms with E-state index in [1.54, 1.807) is 24.3 Å². The Bertz CT molecular complexity index is 908. The molecule has 28 heavy (non-hydrogen) atoms. The second-order valence-electron chi connectivity index (χ2n) is 6.48. The molecule has 1 aliphatic heterocycles. The minimum absolute atomic E-state index is 0.00307. The van der Waals surface area contributed by atoms with E-state index in [0.717, 1.165) is 5.56 Å². The van der Waals surface area contributed by atoms with Gasteiger partial charge in [0.25, 0.3) is 0 Å². The van der Waals surface area contributed by atoms with E-state index in [0.29, 0.717) is 23.5 Å². The second-order valence-corrected chi connectivity index (χ2v) is 6.48. The van der Waals surface area contributed by atoms with E-state index in [2.05, 4.69) is 10.3 Å². The Morgan fingerprint density at radius 3 is 2.71 bits per heavy atom. The van der Waals surface area contributed by atoms with Gasteiger partial charge in [-0.2, -0.15) is 0 Å². The molecule has 0 spiro atoms. The number of hydrogen-bond acceptors (Lipinski definition) is 7. The highest BCUT2D eigenvalue weighted by atomic mass is 16.5. The van der Waals surface area contributed by atoms with Crippen LogP contribution in [0.25, 0.3) is 0 Å². The van der Waals surface area contributed by atoms with E-state index in [9.17, 15) is 19.7 Å². The van der Waals surface area contributed by atoms with Gasteiger partial charge in [-0.15, -0.1) is 0 Å². The lowest BCUT2D eigenvalue weighted by molar-refractivity contribution is -0.120. The number of hydrogen-bond donors (Lipinski definition) is 5. The Hall–Kier alpha value is -2.95. The van der Waals surface area contributed by atoms with E-state index in [1.165, 1.54) is 6.07 Å². The standard InChI is InChI=1S/C18H21BN4O5/c20-8-11-4-5-12(22-14(11)9-21)7-16(24)23-15-6-10-2-1-3-13(18(25)26)17(10)28-19(15)27/h1-5,15,27H,6-9,20-21H2,(H,23,24)(H,25,26)/t15-/m0/s1. The number of rotatable bonds is 6. The minimum atomic E-state index is -1.36. The van der Waals surface area contributed by atoms with Gasteiger partial charge in [0.1, 0.15) is 5.75 Å². The van der Waals surface area contributed by atoms with Crippen LogP contribution in [0, 0.1) is 0 Å². The van der Waals surface area contributed by atoms with Crippen molar-refractivity contribution in [2.45, 2.75) is 31.9 Å². The number of carbonyl (C=O) groups is 2. The summed E-state index contributed by atoms with van der Waals surface area (Å²) in [6.07, 6.45) is 0.250. The molecule has 0 unspecified atom stereocenters. The van der Waals surface area contributed by atoms with Crippen molar-refractivity contribution in [1.82, 2.24) is 10.3 Å². The van der Waals surface area contributed by atoms with E-state index >= 15 is 0 Å². The number of aromatic carboxylic acids is 1. The number of carbonyl (C=O) groups excluding carboxylic acids is 1. The molecule has 9 nitrogen and oxygen atoms in total. The van der Waals surface area contributed by atoms with Crippen LogP contribution in [0.4, 0.5) is 0 Å².